The molecule has 0 radical (unpaired) electrons. The smallest absolute Gasteiger partial charge is 0.175 e. The van der Waals surface area contributed by atoms with Gasteiger partial charge in [0.1, 0.15) is 12.2 Å². The highest BCUT2D eigenvalue weighted by Gasteiger charge is 2.14. The molecule has 0 aliphatic carbocycles. The Balaban J connectivity index is 2.28. The maximum atomic E-state index is 12.1. The van der Waals surface area contributed by atoms with Crippen molar-refractivity contribution in [1.29, 1.82) is 0 Å². The quantitative estimate of drug-likeness (QED) is 0.767. The van der Waals surface area contributed by atoms with Crippen molar-refractivity contribution in [2.75, 3.05) is 6.26 Å². The third-order valence-electron chi connectivity index (χ3n) is 2.71. The van der Waals surface area contributed by atoms with Crippen molar-refractivity contribution in [3.05, 3.63) is 42.0 Å². The van der Waals surface area contributed by atoms with Crippen LogP contribution in [0.1, 0.15) is 16.2 Å². The van der Waals surface area contributed by atoms with E-state index in [0.717, 1.165) is 6.26 Å². The number of nitrogens with zero attached hydrogens (tertiary/aromatic N) is 3. The van der Waals surface area contributed by atoms with Gasteiger partial charge < -0.3 is 0 Å². The number of carbonyl (C=O) groups is 1. The first kappa shape index (κ1) is 13.4. The Kier molecular flexibility index (Phi) is 3.48. The zero-order valence-electron chi connectivity index (χ0n) is 10.6. The van der Waals surface area contributed by atoms with Crippen molar-refractivity contribution in [3.8, 4) is 0 Å². The fourth-order valence-corrected chi connectivity index (χ4v) is 2.29. The first-order valence-corrected chi connectivity index (χ1v) is 7.43. The van der Waals surface area contributed by atoms with Gasteiger partial charge in [0.05, 0.1) is 11.3 Å². The molecule has 0 spiro atoms. The second-order valence-corrected chi connectivity index (χ2v) is 6.22. The van der Waals surface area contributed by atoms with Crippen molar-refractivity contribution in [2.45, 2.75) is 11.3 Å². The molecule has 1 aromatic heterocycles. The van der Waals surface area contributed by atoms with E-state index in [9.17, 15) is 13.2 Å². The molecule has 0 atom stereocenters. The topological polar surface area (TPSA) is 81.9 Å². The number of aryl methyl sites for hydroxylation is 1. The van der Waals surface area contributed by atoms with Gasteiger partial charge in [-0.15, -0.1) is 0 Å². The largest absolute Gasteiger partial charge is 0.294 e. The van der Waals surface area contributed by atoms with Gasteiger partial charge in [-0.2, -0.15) is 5.10 Å². The molecule has 0 N–H and O–H groups in total. The first-order valence-electron chi connectivity index (χ1n) is 5.54. The Hall–Kier alpha value is -2.02. The van der Waals surface area contributed by atoms with Crippen LogP contribution in [0.5, 0.6) is 0 Å². The van der Waals surface area contributed by atoms with E-state index in [-0.39, 0.29) is 17.1 Å². The van der Waals surface area contributed by atoms with Gasteiger partial charge in [-0.05, 0) is 12.1 Å². The minimum Gasteiger partial charge on any atom is -0.294 e. The van der Waals surface area contributed by atoms with Gasteiger partial charge in [-0.1, -0.05) is 12.1 Å². The Morgan fingerprint density at radius 1 is 1.37 bits per heavy atom. The van der Waals surface area contributed by atoms with Gasteiger partial charge >= 0.3 is 0 Å². The average molecular weight is 279 g/mol. The minimum absolute atomic E-state index is 0.0870. The summed E-state index contributed by atoms with van der Waals surface area (Å²) in [5, 5.41) is 3.88. The summed E-state index contributed by atoms with van der Waals surface area (Å²) < 4.78 is 24.4. The van der Waals surface area contributed by atoms with Gasteiger partial charge in [0, 0.05) is 18.9 Å². The Bertz CT molecular complexity index is 719. The van der Waals surface area contributed by atoms with Crippen LogP contribution in [0.2, 0.25) is 0 Å². The molecule has 0 aliphatic rings. The lowest BCUT2D eigenvalue weighted by molar-refractivity contribution is 0.0989. The summed E-state index contributed by atoms with van der Waals surface area (Å²) in [4.78, 5) is 16.2. The highest BCUT2D eigenvalue weighted by Crippen LogP contribution is 2.13. The summed E-state index contributed by atoms with van der Waals surface area (Å²) in [6, 6.07) is 6.00. The van der Waals surface area contributed by atoms with Crippen molar-refractivity contribution in [1.82, 2.24) is 14.8 Å². The van der Waals surface area contributed by atoms with Gasteiger partial charge in [0.15, 0.2) is 15.6 Å². The Labute approximate surface area is 111 Å². The fraction of sp³-hybridized carbons (Fsp3) is 0.250. The molecule has 19 heavy (non-hydrogen) atoms. The van der Waals surface area contributed by atoms with Gasteiger partial charge in [0.25, 0.3) is 0 Å². The SMILES string of the molecule is Cn1ncnc1CC(=O)c1cccc(S(C)(=O)=O)c1. The third kappa shape index (κ3) is 3.05. The molecule has 0 amide bonds. The van der Waals surface area contributed by atoms with Crippen LogP contribution >= 0.6 is 0 Å². The van der Waals surface area contributed by atoms with Crippen molar-refractivity contribution < 1.29 is 13.2 Å². The normalized spacial score (nSPS) is 11.5. The predicted molar refractivity (Wildman–Crippen MR) is 68.6 cm³/mol. The zero-order chi connectivity index (χ0) is 14.0. The lowest BCUT2D eigenvalue weighted by Gasteiger charge is -2.03. The summed E-state index contributed by atoms with van der Waals surface area (Å²) in [6.07, 6.45) is 2.57. The summed E-state index contributed by atoms with van der Waals surface area (Å²) in [5.41, 5.74) is 0.353. The molecule has 0 fully saturated rings. The number of sulfone groups is 1. The Morgan fingerprint density at radius 3 is 2.68 bits per heavy atom. The third-order valence-corrected chi connectivity index (χ3v) is 3.82. The van der Waals surface area contributed by atoms with Crippen molar-refractivity contribution in [3.63, 3.8) is 0 Å². The second-order valence-electron chi connectivity index (χ2n) is 4.20. The molecule has 0 saturated heterocycles. The summed E-state index contributed by atoms with van der Waals surface area (Å²) >= 11 is 0. The predicted octanol–water partition coefficient (Wildman–Crippen LogP) is 0.644. The van der Waals surface area contributed by atoms with E-state index in [1.165, 1.54) is 23.1 Å². The van der Waals surface area contributed by atoms with Crippen molar-refractivity contribution >= 4 is 15.6 Å². The van der Waals surface area contributed by atoms with Crippen molar-refractivity contribution in [2.24, 2.45) is 7.05 Å². The van der Waals surface area contributed by atoms with E-state index in [2.05, 4.69) is 10.1 Å². The molecular weight excluding hydrogens is 266 g/mol. The number of benzene rings is 1. The van der Waals surface area contributed by atoms with Crippen LogP contribution in [-0.2, 0) is 23.3 Å². The maximum Gasteiger partial charge on any atom is 0.175 e. The van der Waals surface area contributed by atoms with E-state index >= 15 is 0 Å². The number of hydrogen-bond acceptors (Lipinski definition) is 5. The average Bonchev–Trinajstić information content (AvgIpc) is 2.74. The standard InChI is InChI=1S/C12H13N3O3S/c1-15-12(13-8-14-15)7-11(16)9-4-3-5-10(6-9)19(2,17)18/h3-6,8H,7H2,1-2H3. The van der Waals surface area contributed by atoms with Crippen LogP contribution < -0.4 is 0 Å². The van der Waals surface area contributed by atoms with Crippen LogP contribution in [-0.4, -0.2) is 35.2 Å². The van der Waals surface area contributed by atoms with E-state index < -0.39 is 9.84 Å². The van der Waals surface area contributed by atoms with Crippen LogP contribution in [0.25, 0.3) is 0 Å². The molecule has 0 unspecified atom stereocenters. The lowest BCUT2D eigenvalue weighted by atomic mass is 10.1. The number of ketones is 1. The number of Topliss-reactive ketones (excluding diaryl/α,β-unsaturated/α-hetero) is 1. The number of rotatable bonds is 4. The molecule has 0 bridgehead atoms. The van der Waals surface area contributed by atoms with Crippen LogP contribution in [0.4, 0.5) is 0 Å². The first-order chi connectivity index (χ1) is 8.88. The Morgan fingerprint density at radius 2 is 2.11 bits per heavy atom. The van der Waals surface area contributed by atoms with Crippen LogP contribution in [0.15, 0.2) is 35.5 Å². The van der Waals surface area contributed by atoms with E-state index in [0.29, 0.717) is 11.4 Å². The molecular formula is C12H13N3O3S. The van der Waals surface area contributed by atoms with Crippen LogP contribution in [0.3, 0.4) is 0 Å². The molecule has 2 aromatic rings. The minimum atomic E-state index is -3.31. The molecule has 1 heterocycles. The number of aromatic nitrogens is 3. The van der Waals surface area contributed by atoms with Gasteiger partial charge in [-0.25, -0.2) is 13.4 Å². The molecule has 100 valence electrons. The van der Waals surface area contributed by atoms with E-state index in [1.54, 1.807) is 19.2 Å². The summed E-state index contributed by atoms with van der Waals surface area (Å²) in [7, 11) is -1.62. The molecule has 2 rings (SSSR count). The van der Waals surface area contributed by atoms with Gasteiger partial charge in [-0.3, -0.25) is 9.48 Å². The molecule has 6 nitrogen and oxygen atoms in total. The summed E-state index contributed by atoms with van der Waals surface area (Å²) in [5.74, 6) is 0.344. The summed E-state index contributed by atoms with van der Waals surface area (Å²) in [6.45, 7) is 0. The highest BCUT2D eigenvalue weighted by molar-refractivity contribution is 7.90. The second kappa shape index (κ2) is 4.93. The molecule has 1 aromatic carbocycles. The lowest BCUT2D eigenvalue weighted by Crippen LogP contribution is -2.10. The van der Waals surface area contributed by atoms with Crippen LogP contribution in [0, 0.1) is 0 Å². The molecule has 0 saturated carbocycles. The molecule has 7 heteroatoms. The van der Waals surface area contributed by atoms with E-state index in [1.807, 2.05) is 0 Å². The van der Waals surface area contributed by atoms with E-state index in [4.69, 9.17) is 0 Å². The highest BCUT2D eigenvalue weighted by atomic mass is 32.2. The fourth-order valence-electron chi connectivity index (χ4n) is 1.63. The van der Waals surface area contributed by atoms with Gasteiger partial charge in [0.2, 0.25) is 0 Å². The zero-order valence-corrected chi connectivity index (χ0v) is 11.4. The number of carbonyl (C=O) groups excluding carboxylic acids is 1. The molecule has 0 aliphatic heterocycles. The monoisotopic (exact) mass is 279 g/mol. The number of hydrogen-bond donors (Lipinski definition) is 0. The maximum absolute atomic E-state index is 12.1.